The lowest BCUT2D eigenvalue weighted by molar-refractivity contribution is -0.154. The van der Waals surface area contributed by atoms with Crippen molar-refractivity contribution in [3.63, 3.8) is 0 Å². The first-order valence-electron chi connectivity index (χ1n) is 7.15. The molecule has 0 fully saturated rings. The minimum absolute atomic E-state index is 0.00292. The van der Waals surface area contributed by atoms with Gasteiger partial charge in [0.25, 0.3) is 0 Å². The molecule has 0 radical (unpaired) electrons. The number of esters is 2. The topological polar surface area (TPSA) is 125 Å². The Kier molecular flexibility index (Phi) is 13.9. The van der Waals surface area contributed by atoms with Crippen LogP contribution in [-0.2, 0) is 38.3 Å². The summed E-state index contributed by atoms with van der Waals surface area (Å²) < 4.78 is 9.02. The van der Waals surface area contributed by atoms with Gasteiger partial charge in [-0.05, 0) is 27.7 Å². The minimum atomic E-state index is -0.928. The van der Waals surface area contributed by atoms with Crippen molar-refractivity contribution < 1.29 is 38.3 Å². The summed E-state index contributed by atoms with van der Waals surface area (Å²) in [6.45, 7) is 6.29. The molecule has 0 aromatic rings. The molecule has 24 heavy (non-hydrogen) atoms. The third-order valence-electron chi connectivity index (χ3n) is 2.04. The Morgan fingerprint density at radius 1 is 0.792 bits per heavy atom. The van der Waals surface area contributed by atoms with Crippen LogP contribution in [0.25, 0.3) is 0 Å². The number of oxime groups is 1. The van der Waals surface area contributed by atoms with Gasteiger partial charge in [0, 0.05) is 0 Å². The van der Waals surface area contributed by atoms with Gasteiger partial charge in [-0.15, -0.1) is 0 Å². The highest BCUT2D eigenvalue weighted by Crippen LogP contribution is 1.94. The number of ketones is 3. The number of carbonyl (C=O) groups is 5. The van der Waals surface area contributed by atoms with E-state index in [1.807, 2.05) is 0 Å². The maximum absolute atomic E-state index is 11.1. The average molecular weight is 345 g/mol. The zero-order chi connectivity index (χ0) is 19.1. The van der Waals surface area contributed by atoms with Crippen LogP contribution in [0.15, 0.2) is 5.16 Å². The van der Waals surface area contributed by atoms with Gasteiger partial charge >= 0.3 is 11.9 Å². The molecule has 0 atom stereocenters. The molecule has 0 aliphatic carbocycles. The highest BCUT2D eigenvalue weighted by molar-refractivity contribution is 6.39. The summed E-state index contributed by atoms with van der Waals surface area (Å²) in [5, 5.41) is 3.40. The zero-order valence-electron chi connectivity index (χ0n) is 14.5. The molecule has 0 N–H and O–H groups in total. The van der Waals surface area contributed by atoms with E-state index in [0.29, 0.717) is 0 Å². The van der Waals surface area contributed by atoms with E-state index in [1.165, 1.54) is 21.0 Å². The number of nitrogens with zero attached hydrogens (tertiary/aromatic N) is 1. The van der Waals surface area contributed by atoms with Gasteiger partial charge in [0.2, 0.25) is 5.78 Å². The molecule has 0 rings (SSSR count). The van der Waals surface area contributed by atoms with Gasteiger partial charge < -0.3 is 14.3 Å². The predicted octanol–water partition coefficient (Wildman–Crippen LogP) is 0.629. The fourth-order valence-electron chi connectivity index (χ4n) is 1.21. The maximum Gasteiger partial charge on any atom is 0.375 e. The number of carbonyl (C=O) groups excluding carboxylic acids is 5. The molecule has 0 aliphatic heterocycles. The highest BCUT2D eigenvalue weighted by Gasteiger charge is 2.16. The first kappa shape index (κ1) is 23.7. The molecule has 0 spiro atoms. The van der Waals surface area contributed by atoms with Gasteiger partial charge in [0.15, 0.2) is 5.71 Å². The standard InChI is InChI=1S/C8H13NO4.C7H10O4/c1-4-13-8(11)7(9-12-3)5-6(2)10;1-3-11-7(10)6(9)4-5(2)8/h4-5H2,1-3H3;3-4H2,1-2H3. The molecular weight excluding hydrogens is 322 g/mol. The van der Waals surface area contributed by atoms with E-state index >= 15 is 0 Å². The summed E-state index contributed by atoms with van der Waals surface area (Å²) in [5.74, 6) is -2.81. The van der Waals surface area contributed by atoms with Gasteiger partial charge in [0.05, 0.1) is 26.1 Å². The largest absolute Gasteiger partial charge is 0.461 e. The van der Waals surface area contributed by atoms with E-state index in [0.717, 1.165) is 0 Å². The lowest BCUT2D eigenvalue weighted by Crippen LogP contribution is -2.20. The smallest absolute Gasteiger partial charge is 0.375 e. The molecule has 0 saturated carbocycles. The molecule has 0 bridgehead atoms. The number of hydrogen-bond acceptors (Lipinski definition) is 9. The van der Waals surface area contributed by atoms with Gasteiger partial charge in [-0.2, -0.15) is 0 Å². The second-order valence-corrected chi connectivity index (χ2v) is 4.34. The molecule has 9 nitrogen and oxygen atoms in total. The van der Waals surface area contributed by atoms with E-state index in [9.17, 15) is 24.0 Å². The van der Waals surface area contributed by atoms with Gasteiger partial charge in [0.1, 0.15) is 18.7 Å². The van der Waals surface area contributed by atoms with Crippen molar-refractivity contribution in [3.8, 4) is 0 Å². The Morgan fingerprint density at radius 2 is 1.25 bits per heavy atom. The quantitative estimate of drug-likeness (QED) is 0.196. The monoisotopic (exact) mass is 345 g/mol. The predicted molar refractivity (Wildman–Crippen MR) is 83.3 cm³/mol. The molecule has 0 saturated heterocycles. The molecule has 0 aliphatic rings. The van der Waals surface area contributed by atoms with Crippen LogP contribution in [0.5, 0.6) is 0 Å². The van der Waals surface area contributed by atoms with Crippen LogP contribution >= 0.6 is 0 Å². The van der Waals surface area contributed by atoms with Gasteiger partial charge in [-0.1, -0.05) is 5.16 Å². The van der Waals surface area contributed by atoms with Crippen LogP contribution in [0.3, 0.4) is 0 Å². The van der Waals surface area contributed by atoms with E-state index in [-0.39, 0.29) is 43.3 Å². The van der Waals surface area contributed by atoms with Crippen molar-refractivity contribution in [3.05, 3.63) is 0 Å². The fraction of sp³-hybridized carbons (Fsp3) is 0.600. The first-order chi connectivity index (χ1) is 11.2. The SMILES string of the molecule is CCOC(=O)C(=O)CC(C)=O.CCOC(=O)C(CC(C)=O)=NOC. The normalized spacial score (nSPS) is 9.96. The summed E-state index contributed by atoms with van der Waals surface area (Å²) >= 11 is 0. The summed E-state index contributed by atoms with van der Waals surface area (Å²) in [4.78, 5) is 57.7. The van der Waals surface area contributed by atoms with E-state index in [4.69, 9.17) is 0 Å². The van der Waals surface area contributed by atoms with Crippen LogP contribution < -0.4 is 0 Å². The summed E-state index contributed by atoms with van der Waals surface area (Å²) in [6, 6.07) is 0. The average Bonchev–Trinajstić information content (AvgIpc) is 2.46. The van der Waals surface area contributed by atoms with Crippen molar-refractivity contribution in [1.29, 1.82) is 0 Å². The number of ether oxygens (including phenoxy) is 2. The fourth-order valence-corrected chi connectivity index (χ4v) is 1.21. The zero-order valence-corrected chi connectivity index (χ0v) is 14.5. The first-order valence-corrected chi connectivity index (χ1v) is 7.15. The number of Topliss-reactive ketones (excluding diaryl/α,β-unsaturated/α-hetero) is 3. The molecule has 0 unspecified atom stereocenters. The molecule has 0 aromatic carbocycles. The summed E-state index contributed by atoms with van der Waals surface area (Å²) in [7, 11) is 1.30. The van der Waals surface area contributed by atoms with E-state index in [1.54, 1.807) is 13.8 Å². The Balaban J connectivity index is 0. The van der Waals surface area contributed by atoms with E-state index in [2.05, 4.69) is 19.5 Å². The second kappa shape index (κ2) is 14.0. The van der Waals surface area contributed by atoms with Crippen molar-refractivity contribution in [1.82, 2.24) is 0 Å². The third kappa shape index (κ3) is 13.1. The van der Waals surface area contributed by atoms with Crippen LogP contribution in [0.2, 0.25) is 0 Å². The van der Waals surface area contributed by atoms with Crippen molar-refractivity contribution in [2.24, 2.45) is 5.16 Å². The Hall–Kier alpha value is -2.58. The Bertz CT molecular complexity index is 496. The Labute approximate surface area is 140 Å². The maximum atomic E-state index is 11.1. The number of rotatable bonds is 9. The Morgan fingerprint density at radius 3 is 1.62 bits per heavy atom. The molecule has 136 valence electrons. The van der Waals surface area contributed by atoms with Crippen LogP contribution in [0.4, 0.5) is 0 Å². The van der Waals surface area contributed by atoms with Gasteiger partial charge in [-0.3, -0.25) is 14.4 Å². The second-order valence-electron chi connectivity index (χ2n) is 4.34. The summed E-state index contributed by atoms with van der Waals surface area (Å²) in [6.07, 6.45) is -0.425. The van der Waals surface area contributed by atoms with E-state index < -0.39 is 17.7 Å². The molecule has 0 heterocycles. The van der Waals surface area contributed by atoms with Crippen molar-refractivity contribution >= 4 is 35.0 Å². The van der Waals surface area contributed by atoms with Crippen molar-refractivity contribution in [2.45, 2.75) is 40.5 Å². The lowest BCUT2D eigenvalue weighted by atomic mass is 10.2. The molecule has 0 aromatic heterocycles. The third-order valence-corrected chi connectivity index (χ3v) is 2.04. The van der Waals surface area contributed by atoms with Crippen LogP contribution in [0.1, 0.15) is 40.5 Å². The van der Waals surface area contributed by atoms with Crippen LogP contribution in [-0.4, -0.2) is 55.3 Å². The molecular formula is C15H23NO8. The minimum Gasteiger partial charge on any atom is -0.461 e. The van der Waals surface area contributed by atoms with Crippen molar-refractivity contribution in [2.75, 3.05) is 20.3 Å². The molecule has 0 amide bonds. The molecule has 9 heteroatoms. The van der Waals surface area contributed by atoms with Gasteiger partial charge in [-0.25, -0.2) is 9.59 Å². The van der Waals surface area contributed by atoms with Crippen LogP contribution in [0, 0.1) is 0 Å². The number of hydrogen-bond donors (Lipinski definition) is 0. The lowest BCUT2D eigenvalue weighted by Gasteiger charge is -2.02. The highest BCUT2D eigenvalue weighted by atomic mass is 16.6. The summed E-state index contributed by atoms with van der Waals surface area (Å²) in [5.41, 5.74) is -0.00292.